The largest absolute Gasteiger partial charge is 0.493 e. The molecular formula is C16H17BrClNO2. The predicted octanol–water partition coefficient (Wildman–Crippen LogP) is 4.72. The van der Waals surface area contributed by atoms with Gasteiger partial charge in [0.05, 0.1) is 12.6 Å². The zero-order valence-corrected chi connectivity index (χ0v) is 14.1. The van der Waals surface area contributed by atoms with Gasteiger partial charge in [0.2, 0.25) is 0 Å². The third kappa shape index (κ3) is 3.12. The zero-order chi connectivity index (χ0) is 14.8. The van der Waals surface area contributed by atoms with Crippen LogP contribution in [0.1, 0.15) is 36.3 Å². The minimum atomic E-state index is -0.0539. The monoisotopic (exact) mass is 369 g/mol. The molecule has 2 aromatic rings. The summed E-state index contributed by atoms with van der Waals surface area (Å²) in [5, 5.41) is 3.92. The van der Waals surface area contributed by atoms with E-state index in [1.807, 2.05) is 6.07 Å². The van der Waals surface area contributed by atoms with Crippen molar-refractivity contribution in [2.45, 2.75) is 25.8 Å². The second-order valence-corrected chi connectivity index (χ2v) is 6.40. The molecule has 0 bridgehead atoms. The molecule has 1 aromatic heterocycles. The van der Waals surface area contributed by atoms with Crippen molar-refractivity contribution in [1.82, 2.24) is 5.32 Å². The maximum absolute atomic E-state index is 5.94. The SMILES string of the molecule is CCCNC(c1ccc(Cl)o1)c1cc(Br)cc2c1OCC2. The first-order chi connectivity index (χ1) is 10.2. The van der Waals surface area contributed by atoms with Crippen LogP contribution < -0.4 is 10.1 Å². The fraction of sp³-hybridized carbons (Fsp3) is 0.375. The maximum atomic E-state index is 5.94. The number of hydrogen-bond donors (Lipinski definition) is 1. The van der Waals surface area contributed by atoms with Crippen LogP contribution in [0.4, 0.5) is 0 Å². The van der Waals surface area contributed by atoms with Gasteiger partial charge in [-0.15, -0.1) is 0 Å². The van der Waals surface area contributed by atoms with Crippen molar-refractivity contribution >= 4 is 27.5 Å². The Bertz CT molecular complexity index is 641. The van der Waals surface area contributed by atoms with Crippen molar-refractivity contribution in [3.8, 4) is 5.75 Å². The molecule has 2 heterocycles. The van der Waals surface area contributed by atoms with Gasteiger partial charge in [0.1, 0.15) is 11.5 Å². The van der Waals surface area contributed by atoms with Crippen LogP contribution in [-0.4, -0.2) is 13.2 Å². The molecule has 3 rings (SSSR count). The Hall–Kier alpha value is -0.970. The molecule has 0 amide bonds. The van der Waals surface area contributed by atoms with Crippen LogP contribution in [0.5, 0.6) is 5.75 Å². The summed E-state index contributed by atoms with van der Waals surface area (Å²) in [6.45, 7) is 3.77. The lowest BCUT2D eigenvalue weighted by molar-refractivity contribution is 0.347. The Balaban J connectivity index is 2.04. The summed E-state index contributed by atoms with van der Waals surface area (Å²) in [7, 11) is 0. The highest BCUT2D eigenvalue weighted by Gasteiger charge is 2.26. The van der Waals surface area contributed by atoms with E-state index in [0.717, 1.165) is 47.5 Å². The van der Waals surface area contributed by atoms with Crippen molar-refractivity contribution in [2.75, 3.05) is 13.2 Å². The van der Waals surface area contributed by atoms with Gasteiger partial charge >= 0.3 is 0 Å². The Morgan fingerprint density at radius 2 is 2.24 bits per heavy atom. The van der Waals surface area contributed by atoms with Crippen LogP contribution in [0.25, 0.3) is 0 Å². The first-order valence-electron chi connectivity index (χ1n) is 7.12. The van der Waals surface area contributed by atoms with Gasteiger partial charge in [0.15, 0.2) is 5.22 Å². The number of rotatable bonds is 5. The molecule has 1 N–H and O–H groups in total. The molecule has 1 aromatic carbocycles. The summed E-state index contributed by atoms with van der Waals surface area (Å²) in [6.07, 6.45) is 1.99. The molecule has 0 saturated heterocycles. The Labute approximate surface area is 137 Å². The van der Waals surface area contributed by atoms with Crippen molar-refractivity contribution in [1.29, 1.82) is 0 Å². The highest BCUT2D eigenvalue weighted by atomic mass is 79.9. The average molecular weight is 371 g/mol. The van der Waals surface area contributed by atoms with E-state index in [1.54, 1.807) is 6.07 Å². The minimum Gasteiger partial charge on any atom is -0.493 e. The molecular weight excluding hydrogens is 354 g/mol. The van der Waals surface area contributed by atoms with Gasteiger partial charge in [-0.1, -0.05) is 22.9 Å². The second-order valence-electron chi connectivity index (χ2n) is 5.11. The molecule has 0 spiro atoms. The standard InChI is InChI=1S/C16H17BrClNO2/c1-2-6-19-15(13-3-4-14(18)21-13)12-9-11(17)8-10-5-7-20-16(10)12/h3-4,8-9,15,19H,2,5-7H2,1H3. The molecule has 0 aliphatic carbocycles. The fourth-order valence-electron chi connectivity index (χ4n) is 2.65. The normalized spacial score (nSPS) is 14.8. The number of nitrogens with one attached hydrogen (secondary N) is 1. The van der Waals surface area contributed by atoms with Crippen molar-refractivity contribution < 1.29 is 9.15 Å². The van der Waals surface area contributed by atoms with E-state index in [4.69, 9.17) is 20.8 Å². The Morgan fingerprint density at radius 1 is 1.38 bits per heavy atom. The Morgan fingerprint density at radius 3 is 2.95 bits per heavy atom. The van der Waals surface area contributed by atoms with Crippen LogP contribution in [-0.2, 0) is 6.42 Å². The van der Waals surface area contributed by atoms with E-state index >= 15 is 0 Å². The van der Waals surface area contributed by atoms with Crippen molar-refractivity contribution in [3.05, 3.63) is 50.8 Å². The molecule has 1 unspecified atom stereocenters. The zero-order valence-electron chi connectivity index (χ0n) is 11.8. The molecule has 1 aliphatic rings. The fourth-order valence-corrected chi connectivity index (χ4v) is 3.32. The number of fused-ring (bicyclic) bond motifs is 1. The number of benzene rings is 1. The Kier molecular flexibility index (Phi) is 4.57. The summed E-state index contributed by atoms with van der Waals surface area (Å²) < 4.78 is 12.5. The third-order valence-corrected chi connectivity index (χ3v) is 4.23. The summed E-state index contributed by atoms with van der Waals surface area (Å²) in [5.74, 6) is 1.78. The molecule has 1 atom stereocenters. The maximum Gasteiger partial charge on any atom is 0.193 e. The van der Waals surface area contributed by atoms with Gasteiger partial charge in [-0.2, -0.15) is 0 Å². The smallest absolute Gasteiger partial charge is 0.193 e. The van der Waals surface area contributed by atoms with Gasteiger partial charge in [-0.25, -0.2) is 0 Å². The number of hydrogen-bond acceptors (Lipinski definition) is 3. The first-order valence-corrected chi connectivity index (χ1v) is 8.30. The minimum absolute atomic E-state index is 0.0539. The van der Waals surface area contributed by atoms with E-state index in [9.17, 15) is 0 Å². The molecule has 3 nitrogen and oxygen atoms in total. The molecule has 0 radical (unpaired) electrons. The summed E-state index contributed by atoms with van der Waals surface area (Å²) in [5.41, 5.74) is 2.33. The van der Waals surface area contributed by atoms with Crippen LogP contribution in [0.3, 0.4) is 0 Å². The summed E-state index contributed by atoms with van der Waals surface area (Å²) >= 11 is 9.53. The van der Waals surface area contributed by atoms with Gasteiger partial charge in [0.25, 0.3) is 0 Å². The second kappa shape index (κ2) is 6.42. The highest BCUT2D eigenvalue weighted by Crippen LogP contribution is 2.39. The molecule has 0 fully saturated rings. The lowest BCUT2D eigenvalue weighted by atomic mass is 10.00. The first kappa shape index (κ1) is 14.9. The van der Waals surface area contributed by atoms with Crippen LogP contribution in [0, 0.1) is 0 Å². The molecule has 0 saturated carbocycles. The summed E-state index contributed by atoms with van der Waals surface area (Å²) in [6, 6.07) is 7.85. The lowest BCUT2D eigenvalue weighted by Crippen LogP contribution is -2.23. The topological polar surface area (TPSA) is 34.4 Å². The van der Waals surface area contributed by atoms with E-state index in [0.29, 0.717) is 5.22 Å². The highest BCUT2D eigenvalue weighted by molar-refractivity contribution is 9.10. The number of halogens is 2. The van der Waals surface area contributed by atoms with Gasteiger partial charge < -0.3 is 14.5 Å². The van der Waals surface area contributed by atoms with Gasteiger partial charge in [0, 0.05) is 16.5 Å². The predicted molar refractivity (Wildman–Crippen MR) is 87.2 cm³/mol. The molecule has 21 heavy (non-hydrogen) atoms. The van der Waals surface area contributed by atoms with Crippen LogP contribution in [0.15, 0.2) is 33.2 Å². The molecule has 112 valence electrons. The van der Waals surface area contributed by atoms with E-state index < -0.39 is 0 Å². The summed E-state index contributed by atoms with van der Waals surface area (Å²) in [4.78, 5) is 0. The average Bonchev–Trinajstić information content (AvgIpc) is 3.08. The van der Waals surface area contributed by atoms with Gasteiger partial charge in [-0.3, -0.25) is 0 Å². The quantitative estimate of drug-likeness (QED) is 0.827. The molecule has 1 aliphatic heterocycles. The number of ether oxygens (including phenoxy) is 1. The van der Waals surface area contributed by atoms with Crippen molar-refractivity contribution in [3.63, 3.8) is 0 Å². The van der Waals surface area contributed by atoms with Gasteiger partial charge in [-0.05, 0) is 54.4 Å². The van der Waals surface area contributed by atoms with E-state index in [2.05, 4.69) is 40.3 Å². The number of furan rings is 1. The van der Waals surface area contributed by atoms with E-state index in [1.165, 1.54) is 5.56 Å². The van der Waals surface area contributed by atoms with Crippen LogP contribution >= 0.6 is 27.5 Å². The van der Waals surface area contributed by atoms with Crippen LogP contribution in [0.2, 0.25) is 5.22 Å². The van der Waals surface area contributed by atoms with E-state index in [-0.39, 0.29) is 6.04 Å². The lowest BCUT2D eigenvalue weighted by Gasteiger charge is -2.19. The molecule has 5 heteroatoms. The van der Waals surface area contributed by atoms with Crippen molar-refractivity contribution in [2.24, 2.45) is 0 Å². The third-order valence-electron chi connectivity index (χ3n) is 3.57.